The lowest BCUT2D eigenvalue weighted by molar-refractivity contribution is 0.0529. The lowest BCUT2D eigenvalue weighted by Crippen LogP contribution is -2.15. The molecule has 5 nitrogen and oxygen atoms in total. The molecule has 3 rings (SSSR count). The fourth-order valence-corrected chi connectivity index (χ4v) is 3.80. The first-order valence-corrected chi connectivity index (χ1v) is 9.54. The number of nitrogens with zero attached hydrogens (tertiary/aromatic N) is 1. The highest BCUT2D eigenvalue weighted by Gasteiger charge is 2.23. The molecule has 128 valence electrons. The second-order valence-corrected chi connectivity index (χ2v) is 6.94. The molecular weight excluding hydrogens is 380 g/mol. The van der Waals surface area contributed by atoms with Crippen molar-refractivity contribution in [1.82, 2.24) is 4.98 Å². The van der Waals surface area contributed by atoms with Gasteiger partial charge in [0.25, 0.3) is 5.91 Å². The minimum absolute atomic E-state index is 0.244. The van der Waals surface area contributed by atoms with E-state index in [4.69, 9.17) is 16.3 Å². The van der Waals surface area contributed by atoms with E-state index in [1.165, 1.54) is 22.7 Å². The zero-order valence-corrected chi connectivity index (χ0v) is 15.5. The molecule has 0 bridgehead atoms. The van der Waals surface area contributed by atoms with Crippen molar-refractivity contribution >= 4 is 51.2 Å². The monoisotopic (exact) mass is 392 g/mol. The molecular formula is C17H13ClN2O3S2. The molecule has 1 aromatic carbocycles. The van der Waals surface area contributed by atoms with Gasteiger partial charge in [0.1, 0.15) is 16.3 Å². The lowest BCUT2D eigenvalue weighted by atomic mass is 10.0. The smallest absolute Gasteiger partial charge is 0.341 e. The van der Waals surface area contributed by atoms with E-state index in [1.54, 1.807) is 29.9 Å². The second kappa shape index (κ2) is 7.77. The maximum atomic E-state index is 12.4. The van der Waals surface area contributed by atoms with Gasteiger partial charge in [0.15, 0.2) is 0 Å². The first-order chi connectivity index (χ1) is 12.1. The van der Waals surface area contributed by atoms with Crippen LogP contribution >= 0.6 is 34.3 Å². The first kappa shape index (κ1) is 17.6. The van der Waals surface area contributed by atoms with E-state index >= 15 is 0 Å². The topological polar surface area (TPSA) is 68.3 Å². The summed E-state index contributed by atoms with van der Waals surface area (Å²) in [5, 5.41) is 7.25. The average Bonchev–Trinajstić information content (AvgIpc) is 3.25. The largest absolute Gasteiger partial charge is 0.462 e. The number of amides is 1. The Morgan fingerprint density at radius 1 is 1.24 bits per heavy atom. The molecule has 3 aromatic rings. The van der Waals surface area contributed by atoms with Crippen molar-refractivity contribution in [1.29, 1.82) is 0 Å². The van der Waals surface area contributed by atoms with Gasteiger partial charge >= 0.3 is 5.97 Å². The van der Waals surface area contributed by atoms with Crippen LogP contribution in [0.25, 0.3) is 11.1 Å². The predicted octanol–water partition coefficient (Wildman–Crippen LogP) is 4.95. The number of carbonyl (C=O) groups is 2. The lowest BCUT2D eigenvalue weighted by Gasteiger charge is -2.08. The third-order valence-corrected chi connectivity index (χ3v) is 5.05. The molecule has 2 aromatic heterocycles. The van der Waals surface area contributed by atoms with E-state index in [-0.39, 0.29) is 12.5 Å². The van der Waals surface area contributed by atoms with Crippen LogP contribution in [-0.4, -0.2) is 23.5 Å². The number of thiophene rings is 1. The van der Waals surface area contributed by atoms with E-state index in [0.717, 1.165) is 5.56 Å². The third-order valence-electron chi connectivity index (χ3n) is 3.32. The highest BCUT2D eigenvalue weighted by atomic mass is 35.5. The first-order valence-electron chi connectivity index (χ1n) is 7.34. The van der Waals surface area contributed by atoms with Crippen LogP contribution < -0.4 is 5.32 Å². The molecule has 0 aliphatic heterocycles. The van der Waals surface area contributed by atoms with Gasteiger partial charge in [0.2, 0.25) is 0 Å². The van der Waals surface area contributed by atoms with Crippen LogP contribution in [-0.2, 0) is 4.74 Å². The van der Waals surface area contributed by atoms with Gasteiger partial charge in [0.05, 0.1) is 12.1 Å². The van der Waals surface area contributed by atoms with Crippen molar-refractivity contribution in [2.24, 2.45) is 0 Å². The molecule has 2 heterocycles. The number of thiazole rings is 1. The fraction of sp³-hybridized carbons (Fsp3) is 0.118. The minimum Gasteiger partial charge on any atom is -0.462 e. The van der Waals surface area contributed by atoms with Crippen LogP contribution in [0.2, 0.25) is 5.02 Å². The number of ether oxygens (including phenoxy) is 1. The molecule has 1 N–H and O–H groups in total. The predicted molar refractivity (Wildman–Crippen MR) is 101 cm³/mol. The molecule has 8 heteroatoms. The van der Waals surface area contributed by atoms with Crippen LogP contribution in [0.15, 0.2) is 40.5 Å². The summed E-state index contributed by atoms with van der Waals surface area (Å²) in [4.78, 5) is 28.7. The maximum absolute atomic E-state index is 12.4. The molecule has 25 heavy (non-hydrogen) atoms. The maximum Gasteiger partial charge on any atom is 0.341 e. The number of nitrogens with one attached hydrogen (secondary N) is 1. The van der Waals surface area contributed by atoms with Gasteiger partial charge in [-0.2, -0.15) is 0 Å². The number of halogens is 1. The van der Waals surface area contributed by atoms with Crippen molar-refractivity contribution in [3.63, 3.8) is 0 Å². The zero-order chi connectivity index (χ0) is 17.8. The van der Waals surface area contributed by atoms with E-state index in [1.807, 2.05) is 17.5 Å². The molecule has 0 unspecified atom stereocenters. The Hall–Kier alpha value is -2.22. The molecule has 0 radical (unpaired) electrons. The van der Waals surface area contributed by atoms with Gasteiger partial charge in [-0.05, 0) is 24.6 Å². The molecule has 0 atom stereocenters. The van der Waals surface area contributed by atoms with Crippen LogP contribution in [0.3, 0.4) is 0 Å². The Labute approximate surface area is 157 Å². The van der Waals surface area contributed by atoms with Crippen molar-refractivity contribution < 1.29 is 14.3 Å². The standard InChI is InChI=1S/C17H13ClN2O3S2/c1-2-23-17(22)14-12(10-3-5-11(18)6-4-10)7-25-16(14)20-15(21)13-8-24-9-19-13/h3-9H,2H2,1H3,(H,20,21). The molecule has 0 saturated carbocycles. The summed E-state index contributed by atoms with van der Waals surface area (Å²) < 4.78 is 5.16. The number of benzene rings is 1. The minimum atomic E-state index is -0.484. The number of esters is 1. The van der Waals surface area contributed by atoms with Crippen molar-refractivity contribution in [2.75, 3.05) is 11.9 Å². The van der Waals surface area contributed by atoms with Crippen LogP contribution in [0.5, 0.6) is 0 Å². The summed E-state index contributed by atoms with van der Waals surface area (Å²) in [6.45, 7) is 1.98. The number of hydrogen-bond donors (Lipinski definition) is 1. The Morgan fingerprint density at radius 2 is 2.00 bits per heavy atom. The van der Waals surface area contributed by atoms with Crippen LogP contribution in [0, 0.1) is 0 Å². The number of rotatable bonds is 5. The van der Waals surface area contributed by atoms with Crippen LogP contribution in [0.4, 0.5) is 5.00 Å². The Bertz CT molecular complexity index is 889. The average molecular weight is 393 g/mol. The van der Waals surface area contributed by atoms with Gasteiger partial charge in [-0.3, -0.25) is 4.79 Å². The van der Waals surface area contributed by atoms with Crippen molar-refractivity contribution in [3.05, 3.63) is 56.8 Å². The van der Waals surface area contributed by atoms with Crippen molar-refractivity contribution in [2.45, 2.75) is 6.92 Å². The van der Waals surface area contributed by atoms with E-state index in [2.05, 4.69) is 10.3 Å². The SMILES string of the molecule is CCOC(=O)c1c(-c2ccc(Cl)cc2)csc1NC(=O)c1cscn1. The summed E-state index contributed by atoms with van der Waals surface area (Å²) in [5.41, 5.74) is 3.72. The summed E-state index contributed by atoms with van der Waals surface area (Å²) in [6.07, 6.45) is 0. The number of hydrogen-bond acceptors (Lipinski definition) is 6. The molecule has 0 aliphatic rings. The Balaban J connectivity index is 1.99. The summed E-state index contributed by atoms with van der Waals surface area (Å²) >= 11 is 8.52. The summed E-state index contributed by atoms with van der Waals surface area (Å²) in [6, 6.07) is 7.13. The van der Waals surface area contributed by atoms with Crippen molar-refractivity contribution in [3.8, 4) is 11.1 Å². The number of carbonyl (C=O) groups excluding carboxylic acids is 2. The van der Waals surface area contributed by atoms with Gasteiger partial charge in [-0.25, -0.2) is 9.78 Å². The molecule has 0 fully saturated rings. The quantitative estimate of drug-likeness (QED) is 0.623. The second-order valence-electron chi connectivity index (χ2n) is 4.91. The van der Waals surface area contributed by atoms with E-state index in [0.29, 0.717) is 26.8 Å². The number of anilines is 1. The Kier molecular flexibility index (Phi) is 5.47. The molecule has 0 spiro atoms. The highest BCUT2D eigenvalue weighted by Crippen LogP contribution is 2.36. The Morgan fingerprint density at radius 3 is 2.64 bits per heavy atom. The van der Waals surface area contributed by atoms with Crippen LogP contribution in [0.1, 0.15) is 27.8 Å². The molecule has 0 aliphatic carbocycles. The highest BCUT2D eigenvalue weighted by molar-refractivity contribution is 7.15. The fourth-order valence-electron chi connectivity index (χ4n) is 2.19. The van der Waals surface area contributed by atoms with Gasteiger partial charge in [-0.1, -0.05) is 23.7 Å². The normalized spacial score (nSPS) is 10.5. The van der Waals surface area contributed by atoms with E-state index < -0.39 is 5.97 Å². The van der Waals surface area contributed by atoms with Gasteiger partial charge < -0.3 is 10.1 Å². The van der Waals surface area contributed by atoms with E-state index in [9.17, 15) is 9.59 Å². The summed E-state index contributed by atoms with van der Waals surface area (Å²) in [7, 11) is 0. The summed E-state index contributed by atoms with van der Waals surface area (Å²) in [5.74, 6) is -0.849. The number of aromatic nitrogens is 1. The molecule has 0 saturated heterocycles. The van der Waals surface area contributed by atoms with Gasteiger partial charge in [-0.15, -0.1) is 22.7 Å². The van der Waals surface area contributed by atoms with Gasteiger partial charge in [0, 0.05) is 21.3 Å². The molecule has 1 amide bonds. The zero-order valence-electron chi connectivity index (χ0n) is 13.1. The third kappa shape index (κ3) is 3.89.